The zero-order chi connectivity index (χ0) is 18.1. The third-order valence-corrected chi connectivity index (χ3v) is 3.50. The second kappa shape index (κ2) is 9.32. The summed E-state index contributed by atoms with van der Waals surface area (Å²) in [6.45, 7) is 2.38. The maximum absolute atomic E-state index is 5.96. The van der Waals surface area contributed by atoms with E-state index in [0.717, 1.165) is 22.4 Å². The lowest BCUT2D eigenvalue weighted by Gasteiger charge is -2.14. The van der Waals surface area contributed by atoms with Gasteiger partial charge in [-0.3, -0.25) is 0 Å². The molecule has 0 amide bonds. The Balaban J connectivity index is 2.34. The SMILES string of the molecule is CON=C(OC)/C(=N\OC)c1ccccc1COc1ccccc1C. The van der Waals surface area contributed by atoms with Crippen LogP contribution in [0.25, 0.3) is 0 Å². The Labute approximate surface area is 147 Å². The summed E-state index contributed by atoms with van der Waals surface area (Å²) in [5.41, 5.74) is 3.21. The van der Waals surface area contributed by atoms with Gasteiger partial charge in [0.05, 0.1) is 7.11 Å². The number of ether oxygens (including phenoxy) is 2. The Hall–Kier alpha value is -3.02. The summed E-state index contributed by atoms with van der Waals surface area (Å²) in [4.78, 5) is 9.78. The van der Waals surface area contributed by atoms with Crippen LogP contribution in [0.15, 0.2) is 58.8 Å². The van der Waals surface area contributed by atoms with Gasteiger partial charge >= 0.3 is 0 Å². The van der Waals surface area contributed by atoms with Crippen molar-refractivity contribution in [3.05, 3.63) is 65.2 Å². The van der Waals surface area contributed by atoms with Crippen molar-refractivity contribution < 1.29 is 19.1 Å². The minimum Gasteiger partial charge on any atom is -0.489 e. The van der Waals surface area contributed by atoms with Gasteiger partial charge in [0.2, 0.25) is 0 Å². The minimum absolute atomic E-state index is 0.215. The highest BCUT2D eigenvalue weighted by Crippen LogP contribution is 2.20. The van der Waals surface area contributed by atoms with Crippen molar-refractivity contribution in [3.63, 3.8) is 0 Å². The molecule has 0 N–H and O–H groups in total. The van der Waals surface area contributed by atoms with Crippen molar-refractivity contribution in [1.29, 1.82) is 0 Å². The average Bonchev–Trinajstić information content (AvgIpc) is 2.64. The summed E-state index contributed by atoms with van der Waals surface area (Å²) in [7, 11) is 4.40. The van der Waals surface area contributed by atoms with E-state index in [0.29, 0.717) is 12.3 Å². The molecule has 132 valence electrons. The van der Waals surface area contributed by atoms with E-state index >= 15 is 0 Å². The van der Waals surface area contributed by atoms with Crippen LogP contribution in [-0.4, -0.2) is 32.9 Å². The third-order valence-electron chi connectivity index (χ3n) is 3.50. The molecule has 0 spiro atoms. The smallest absolute Gasteiger partial charge is 0.280 e. The second-order valence-electron chi connectivity index (χ2n) is 5.12. The summed E-state index contributed by atoms with van der Waals surface area (Å²) < 4.78 is 11.2. The first-order valence-electron chi connectivity index (χ1n) is 7.74. The summed E-state index contributed by atoms with van der Waals surface area (Å²) in [5.74, 6) is 1.05. The number of aryl methyl sites for hydroxylation is 1. The monoisotopic (exact) mass is 342 g/mol. The molecular weight excluding hydrogens is 320 g/mol. The van der Waals surface area contributed by atoms with Crippen LogP contribution in [0.5, 0.6) is 5.75 Å². The quantitative estimate of drug-likeness (QED) is 0.439. The van der Waals surface area contributed by atoms with E-state index in [-0.39, 0.29) is 5.90 Å². The maximum Gasteiger partial charge on any atom is 0.280 e. The number of nitrogens with zero attached hydrogens (tertiary/aromatic N) is 2. The lowest BCUT2D eigenvalue weighted by molar-refractivity contribution is 0.198. The summed E-state index contributed by atoms with van der Waals surface area (Å²) in [6, 6.07) is 15.6. The van der Waals surface area contributed by atoms with Crippen LogP contribution in [0.4, 0.5) is 0 Å². The molecule has 6 heteroatoms. The van der Waals surface area contributed by atoms with Crippen LogP contribution in [0, 0.1) is 6.92 Å². The highest BCUT2D eigenvalue weighted by atomic mass is 16.6. The first-order valence-corrected chi connectivity index (χ1v) is 7.74. The van der Waals surface area contributed by atoms with Gasteiger partial charge in [0.15, 0.2) is 5.71 Å². The predicted octanol–water partition coefficient (Wildman–Crippen LogP) is 3.53. The summed E-state index contributed by atoms with van der Waals surface area (Å²) in [6.07, 6.45) is 0. The number of hydrogen-bond acceptors (Lipinski definition) is 6. The van der Waals surface area contributed by atoms with E-state index in [1.165, 1.54) is 21.3 Å². The Morgan fingerprint density at radius 2 is 1.56 bits per heavy atom. The highest BCUT2D eigenvalue weighted by Gasteiger charge is 2.18. The molecule has 0 aliphatic heterocycles. The fourth-order valence-electron chi connectivity index (χ4n) is 2.31. The number of oxime groups is 2. The van der Waals surface area contributed by atoms with E-state index in [9.17, 15) is 0 Å². The first-order chi connectivity index (χ1) is 12.2. The van der Waals surface area contributed by atoms with Gasteiger partial charge < -0.3 is 19.1 Å². The van der Waals surface area contributed by atoms with Gasteiger partial charge in [-0.1, -0.05) is 47.6 Å². The Kier molecular flexibility index (Phi) is 6.83. The van der Waals surface area contributed by atoms with E-state index < -0.39 is 0 Å². The Morgan fingerprint density at radius 3 is 2.24 bits per heavy atom. The van der Waals surface area contributed by atoms with Crippen LogP contribution in [0.3, 0.4) is 0 Å². The summed E-state index contributed by atoms with van der Waals surface area (Å²) in [5, 5.41) is 7.90. The standard InChI is InChI=1S/C19H22N2O4/c1-14-9-5-8-12-17(14)25-13-15-10-6-7-11-16(15)18(20-23-3)19(22-2)21-24-4/h5-12H,13H2,1-4H3/b20-18-,21-19?. The van der Waals surface area contributed by atoms with Gasteiger partial charge in [0, 0.05) is 5.56 Å². The van der Waals surface area contributed by atoms with Crippen LogP contribution >= 0.6 is 0 Å². The van der Waals surface area contributed by atoms with Crippen LogP contribution in [0.1, 0.15) is 16.7 Å². The van der Waals surface area contributed by atoms with Gasteiger partial charge in [-0.25, -0.2) is 0 Å². The van der Waals surface area contributed by atoms with E-state index in [2.05, 4.69) is 10.3 Å². The molecule has 0 saturated carbocycles. The second-order valence-corrected chi connectivity index (χ2v) is 5.12. The molecule has 0 saturated heterocycles. The topological polar surface area (TPSA) is 61.6 Å². The Morgan fingerprint density at radius 1 is 0.880 bits per heavy atom. The van der Waals surface area contributed by atoms with Crippen LogP contribution < -0.4 is 4.74 Å². The number of benzene rings is 2. The zero-order valence-corrected chi connectivity index (χ0v) is 14.9. The van der Waals surface area contributed by atoms with Gasteiger partial charge in [-0.2, -0.15) is 0 Å². The van der Waals surface area contributed by atoms with E-state index in [4.69, 9.17) is 19.1 Å². The van der Waals surface area contributed by atoms with Gasteiger partial charge in [0.25, 0.3) is 5.90 Å². The van der Waals surface area contributed by atoms with E-state index in [1.54, 1.807) is 0 Å². The lowest BCUT2D eigenvalue weighted by atomic mass is 10.0. The molecule has 0 aliphatic carbocycles. The van der Waals surface area contributed by atoms with Gasteiger partial charge in [0.1, 0.15) is 26.6 Å². The maximum atomic E-state index is 5.96. The van der Waals surface area contributed by atoms with Crippen molar-refractivity contribution in [3.8, 4) is 5.75 Å². The molecule has 6 nitrogen and oxygen atoms in total. The molecule has 2 rings (SSSR count). The fraction of sp³-hybridized carbons (Fsp3) is 0.263. The zero-order valence-electron chi connectivity index (χ0n) is 14.9. The summed E-state index contributed by atoms with van der Waals surface area (Å²) >= 11 is 0. The molecule has 0 radical (unpaired) electrons. The highest BCUT2D eigenvalue weighted by molar-refractivity contribution is 6.45. The first kappa shape index (κ1) is 18.3. The van der Waals surface area contributed by atoms with Crippen molar-refractivity contribution in [2.75, 3.05) is 21.3 Å². The number of methoxy groups -OCH3 is 1. The van der Waals surface area contributed by atoms with Crippen molar-refractivity contribution >= 4 is 11.6 Å². The normalized spacial score (nSPS) is 11.8. The van der Waals surface area contributed by atoms with Gasteiger partial charge in [-0.05, 0) is 29.3 Å². The van der Waals surface area contributed by atoms with Crippen molar-refractivity contribution in [2.45, 2.75) is 13.5 Å². The molecule has 0 aliphatic rings. The molecule has 0 aromatic heterocycles. The van der Waals surface area contributed by atoms with Crippen molar-refractivity contribution in [2.24, 2.45) is 10.3 Å². The molecule has 25 heavy (non-hydrogen) atoms. The van der Waals surface area contributed by atoms with E-state index in [1.807, 2.05) is 55.5 Å². The molecule has 0 fully saturated rings. The van der Waals surface area contributed by atoms with Crippen LogP contribution in [-0.2, 0) is 21.0 Å². The molecule has 0 heterocycles. The third kappa shape index (κ3) is 4.73. The number of para-hydroxylation sites is 1. The average molecular weight is 342 g/mol. The molecule has 0 bridgehead atoms. The molecule has 0 atom stereocenters. The molecule has 2 aromatic rings. The van der Waals surface area contributed by atoms with Gasteiger partial charge in [-0.15, -0.1) is 0 Å². The minimum atomic E-state index is 0.215. The van der Waals surface area contributed by atoms with Crippen molar-refractivity contribution in [1.82, 2.24) is 0 Å². The fourth-order valence-corrected chi connectivity index (χ4v) is 2.31. The Bertz CT molecular complexity index is 757. The predicted molar refractivity (Wildman–Crippen MR) is 97.0 cm³/mol. The number of rotatable bonds is 7. The van der Waals surface area contributed by atoms with Crippen LogP contribution in [0.2, 0.25) is 0 Å². The number of hydrogen-bond donors (Lipinski definition) is 0. The lowest BCUT2D eigenvalue weighted by Crippen LogP contribution is -2.20. The molecule has 2 aromatic carbocycles. The molecule has 0 unspecified atom stereocenters. The largest absolute Gasteiger partial charge is 0.489 e. The molecular formula is C19H22N2O4.